The number of hydrogen-bond donors (Lipinski definition) is 4. The van der Waals surface area contributed by atoms with Crippen LogP contribution in [0.3, 0.4) is 0 Å². The van der Waals surface area contributed by atoms with Crippen LogP contribution in [0.4, 0.5) is 0 Å². The minimum absolute atomic E-state index is 0.397. The van der Waals surface area contributed by atoms with E-state index in [1.165, 1.54) is 0 Å². The Morgan fingerprint density at radius 2 is 2.23 bits per heavy atom. The van der Waals surface area contributed by atoms with Crippen LogP contribution in [0.5, 0.6) is 0 Å². The van der Waals surface area contributed by atoms with E-state index in [0.717, 1.165) is 0 Å². The molecule has 0 amide bonds. The summed E-state index contributed by atoms with van der Waals surface area (Å²) in [4.78, 5) is 10.7. The first-order valence-corrected chi connectivity index (χ1v) is 3.51. The molecule has 13 heavy (non-hydrogen) atoms. The number of aliphatic hydroxyl groups excluding tert-OH is 3. The fourth-order valence-electron chi connectivity index (χ4n) is 1.01. The van der Waals surface area contributed by atoms with Gasteiger partial charge in [-0.3, -0.25) is 0 Å². The van der Waals surface area contributed by atoms with E-state index < -0.39 is 36.6 Å². The summed E-state index contributed by atoms with van der Waals surface area (Å²) in [5.74, 6) is -1.01. The van der Waals surface area contributed by atoms with E-state index in [1.54, 1.807) is 0 Å². The largest absolute Gasteiger partial charge is 0.451 e. The summed E-state index contributed by atoms with van der Waals surface area (Å²) >= 11 is 0. The highest BCUT2D eigenvalue weighted by molar-refractivity contribution is 6.12. The average Bonchev–Trinajstić information content (AvgIpc) is 2.42. The van der Waals surface area contributed by atoms with E-state index in [-0.39, 0.29) is 0 Å². The van der Waals surface area contributed by atoms with Crippen molar-refractivity contribution in [3.05, 3.63) is 0 Å². The molecule has 0 spiro atoms. The first-order valence-electron chi connectivity index (χ1n) is 3.51. The van der Waals surface area contributed by atoms with Gasteiger partial charge >= 0.3 is 5.97 Å². The fraction of sp³-hybridized carbons (Fsp3) is 0.667. The standard InChI is InChI=1S/C6H9NO6/c8-1-2(9)5-3(7-12)4(10)6(11)13-5/h2,4-5,8-10,12H,1H2/b7-3-/t2-,4+,5-/m1/s1. The monoisotopic (exact) mass is 191 g/mol. The van der Waals surface area contributed by atoms with E-state index in [0.29, 0.717) is 0 Å². The van der Waals surface area contributed by atoms with Crippen LogP contribution in [0, 0.1) is 0 Å². The maximum absolute atomic E-state index is 10.7. The zero-order valence-electron chi connectivity index (χ0n) is 6.49. The van der Waals surface area contributed by atoms with Crippen molar-refractivity contribution in [3.63, 3.8) is 0 Å². The number of aliphatic hydroxyl groups is 3. The van der Waals surface area contributed by atoms with Crippen molar-refractivity contribution >= 4 is 11.7 Å². The zero-order chi connectivity index (χ0) is 10.0. The molecule has 7 nitrogen and oxygen atoms in total. The first-order chi connectivity index (χ1) is 6.11. The molecule has 0 aromatic heterocycles. The maximum Gasteiger partial charge on any atom is 0.341 e. The third-order valence-electron chi connectivity index (χ3n) is 1.69. The van der Waals surface area contributed by atoms with Gasteiger partial charge in [0.25, 0.3) is 0 Å². The predicted molar refractivity (Wildman–Crippen MR) is 38.2 cm³/mol. The summed E-state index contributed by atoms with van der Waals surface area (Å²) in [5, 5.41) is 37.6. The predicted octanol–water partition coefficient (Wildman–Crippen LogP) is -2.54. The molecule has 1 rings (SSSR count). The van der Waals surface area contributed by atoms with Gasteiger partial charge in [0.2, 0.25) is 0 Å². The van der Waals surface area contributed by atoms with Gasteiger partial charge in [0.1, 0.15) is 11.8 Å². The van der Waals surface area contributed by atoms with Gasteiger partial charge < -0.3 is 25.3 Å². The highest BCUT2D eigenvalue weighted by Gasteiger charge is 2.44. The second-order valence-electron chi connectivity index (χ2n) is 2.53. The molecule has 0 radical (unpaired) electrons. The molecule has 0 aliphatic carbocycles. The van der Waals surface area contributed by atoms with Gasteiger partial charge in [-0.15, -0.1) is 0 Å². The topological polar surface area (TPSA) is 120 Å². The molecule has 1 aliphatic heterocycles. The molecule has 7 heteroatoms. The lowest BCUT2D eigenvalue weighted by molar-refractivity contribution is -0.151. The molecule has 0 saturated carbocycles. The number of rotatable bonds is 2. The van der Waals surface area contributed by atoms with Crippen molar-refractivity contribution in [1.29, 1.82) is 0 Å². The van der Waals surface area contributed by atoms with Gasteiger partial charge in [0.15, 0.2) is 12.2 Å². The molecule has 0 aromatic rings. The molecule has 1 fully saturated rings. The number of esters is 1. The second kappa shape index (κ2) is 3.69. The molecule has 3 atom stereocenters. The molecule has 1 heterocycles. The Hall–Kier alpha value is -1.18. The van der Waals surface area contributed by atoms with Gasteiger partial charge in [0, 0.05) is 0 Å². The van der Waals surface area contributed by atoms with Crippen LogP contribution in [-0.2, 0) is 9.53 Å². The molecule has 4 N–H and O–H groups in total. The van der Waals surface area contributed by atoms with Crippen LogP contribution in [0.25, 0.3) is 0 Å². The van der Waals surface area contributed by atoms with Gasteiger partial charge in [-0.25, -0.2) is 4.79 Å². The van der Waals surface area contributed by atoms with Crippen molar-refractivity contribution in [1.82, 2.24) is 0 Å². The Morgan fingerprint density at radius 1 is 1.62 bits per heavy atom. The Morgan fingerprint density at radius 3 is 2.69 bits per heavy atom. The lowest BCUT2D eigenvalue weighted by Crippen LogP contribution is -2.36. The number of nitrogens with zero attached hydrogens (tertiary/aromatic N) is 1. The van der Waals surface area contributed by atoms with Crippen molar-refractivity contribution < 1.29 is 30.1 Å². The number of cyclic esters (lactones) is 1. The number of ether oxygens (including phenoxy) is 1. The molecule has 0 aromatic carbocycles. The molecule has 0 bridgehead atoms. The van der Waals surface area contributed by atoms with Crippen LogP contribution in [0.2, 0.25) is 0 Å². The van der Waals surface area contributed by atoms with E-state index in [2.05, 4.69) is 9.89 Å². The van der Waals surface area contributed by atoms with Gasteiger partial charge in [-0.1, -0.05) is 5.16 Å². The lowest BCUT2D eigenvalue weighted by atomic mass is 10.1. The van der Waals surface area contributed by atoms with Crippen molar-refractivity contribution in [2.75, 3.05) is 6.61 Å². The van der Waals surface area contributed by atoms with Crippen LogP contribution in [0.1, 0.15) is 0 Å². The minimum Gasteiger partial charge on any atom is -0.451 e. The van der Waals surface area contributed by atoms with Crippen molar-refractivity contribution in [2.24, 2.45) is 5.16 Å². The second-order valence-corrected chi connectivity index (χ2v) is 2.53. The highest BCUT2D eigenvalue weighted by atomic mass is 16.6. The smallest absolute Gasteiger partial charge is 0.341 e. The van der Waals surface area contributed by atoms with Crippen molar-refractivity contribution in [3.8, 4) is 0 Å². The maximum atomic E-state index is 10.7. The zero-order valence-corrected chi connectivity index (χ0v) is 6.49. The molecular formula is C6H9NO6. The van der Waals surface area contributed by atoms with Crippen LogP contribution in [0.15, 0.2) is 5.16 Å². The quantitative estimate of drug-likeness (QED) is 0.217. The fourth-order valence-corrected chi connectivity index (χ4v) is 1.01. The van der Waals surface area contributed by atoms with E-state index in [1.807, 2.05) is 0 Å². The Labute approximate surface area is 72.9 Å². The number of hydrogen-bond acceptors (Lipinski definition) is 7. The summed E-state index contributed by atoms with van der Waals surface area (Å²) in [6.45, 7) is -0.663. The molecule has 0 unspecified atom stereocenters. The summed E-state index contributed by atoms with van der Waals surface area (Å²) < 4.78 is 4.44. The molecule has 1 aliphatic rings. The SMILES string of the molecule is O=C1O[C@H]([C@H](O)CO)/C(=N\O)[C@@H]1O. The first kappa shape index (κ1) is 9.90. The minimum atomic E-state index is -1.67. The Kier molecular flexibility index (Phi) is 2.81. The summed E-state index contributed by atoms with van der Waals surface area (Å²) in [5.41, 5.74) is -0.397. The average molecular weight is 191 g/mol. The number of oxime groups is 1. The summed E-state index contributed by atoms with van der Waals surface area (Å²) in [6.07, 6.45) is -4.35. The van der Waals surface area contributed by atoms with Crippen LogP contribution < -0.4 is 0 Å². The lowest BCUT2D eigenvalue weighted by Gasteiger charge is -2.13. The van der Waals surface area contributed by atoms with E-state index in [9.17, 15) is 4.79 Å². The van der Waals surface area contributed by atoms with Gasteiger partial charge in [0.05, 0.1) is 6.61 Å². The van der Waals surface area contributed by atoms with Crippen LogP contribution >= 0.6 is 0 Å². The molecule has 1 saturated heterocycles. The molecular weight excluding hydrogens is 182 g/mol. The number of carbonyl (C=O) groups excluding carboxylic acids is 1. The third kappa shape index (κ3) is 1.62. The van der Waals surface area contributed by atoms with Crippen molar-refractivity contribution in [2.45, 2.75) is 18.3 Å². The third-order valence-corrected chi connectivity index (χ3v) is 1.69. The van der Waals surface area contributed by atoms with Gasteiger partial charge in [-0.05, 0) is 0 Å². The Bertz CT molecular complexity index is 239. The summed E-state index contributed by atoms with van der Waals surface area (Å²) in [6, 6.07) is 0. The molecule has 74 valence electrons. The number of carbonyl (C=O) groups is 1. The van der Waals surface area contributed by atoms with Crippen LogP contribution in [-0.4, -0.2) is 57.1 Å². The normalized spacial score (nSPS) is 33.5. The van der Waals surface area contributed by atoms with Gasteiger partial charge in [-0.2, -0.15) is 0 Å². The highest BCUT2D eigenvalue weighted by Crippen LogP contribution is 2.15. The summed E-state index contributed by atoms with van der Waals surface area (Å²) in [7, 11) is 0. The Balaban J connectivity index is 2.83. The van der Waals surface area contributed by atoms with E-state index >= 15 is 0 Å². The van der Waals surface area contributed by atoms with E-state index in [4.69, 9.17) is 20.5 Å².